The summed E-state index contributed by atoms with van der Waals surface area (Å²) in [4.78, 5) is 22.8. The van der Waals surface area contributed by atoms with Gasteiger partial charge >= 0.3 is 0 Å². The van der Waals surface area contributed by atoms with Crippen LogP contribution in [0.1, 0.15) is 35.1 Å². The largest absolute Gasteiger partial charge is 0.296 e. The molecule has 1 amide bonds. The van der Waals surface area contributed by atoms with Gasteiger partial charge in [0.15, 0.2) is 10.8 Å². The van der Waals surface area contributed by atoms with Crippen LogP contribution in [0, 0.1) is 5.82 Å². The van der Waals surface area contributed by atoms with Crippen molar-refractivity contribution >= 4 is 22.4 Å². The van der Waals surface area contributed by atoms with Crippen molar-refractivity contribution in [2.75, 3.05) is 5.32 Å². The molecule has 0 aliphatic heterocycles. The number of amides is 1. The number of nitrogens with zero attached hydrogens (tertiary/aromatic N) is 5. The minimum atomic E-state index is -0.434. The second-order valence-electron chi connectivity index (χ2n) is 6.57. The monoisotopic (exact) mass is 408 g/mol. The Morgan fingerprint density at radius 3 is 2.79 bits per heavy atom. The standard InChI is InChI=1S/C20H17FN6OS/c1-12(2)18-17(15-8-3-4-9-22-15)24-20(29-18)25-19(28)16-11-23-26-27(16)14-7-5-6-13(21)10-14/h3-12H,1-2H3,(H,24,25,28). The van der Waals surface area contributed by atoms with E-state index in [9.17, 15) is 9.18 Å². The van der Waals surface area contributed by atoms with E-state index >= 15 is 0 Å². The first-order valence-corrected chi connectivity index (χ1v) is 9.74. The maximum atomic E-state index is 13.5. The van der Waals surface area contributed by atoms with Gasteiger partial charge < -0.3 is 0 Å². The predicted molar refractivity (Wildman–Crippen MR) is 109 cm³/mol. The van der Waals surface area contributed by atoms with E-state index in [-0.39, 0.29) is 11.6 Å². The average Bonchev–Trinajstić information content (AvgIpc) is 3.36. The number of rotatable bonds is 5. The van der Waals surface area contributed by atoms with Crippen LogP contribution >= 0.6 is 11.3 Å². The summed E-state index contributed by atoms with van der Waals surface area (Å²) < 4.78 is 14.8. The van der Waals surface area contributed by atoms with Crippen LogP contribution in [0.4, 0.5) is 9.52 Å². The molecule has 0 spiro atoms. The van der Waals surface area contributed by atoms with Gasteiger partial charge in [-0.1, -0.05) is 31.2 Å². The van der Waals surface area contributed by atoms with Crippen LogP contribution in [0.5, 0.6) is 0 Å². The lowest BCUT2D eigenvalue weighted by atomic mass is 10.1. The molecule has 0 bridgehead atoms. The highest BCUT2D eigenvalue weighted by molar-refractivity contribution is 7.16. The van der Waals surface area contributed by atoms with Gasteiger partial charge in [0.1, 0.15) is 11.5 Å². The first-order valence-electron chi connectivity index (χ1n) is 8.93. The zero-order valence-electron chi connectivity index (χ0n) is 15.7. The highest BCUT2D eigenvalue weighted by Gasteiger charge is 2.20. The number of hydrogen-bond acceptors (Lipinski definition) is 6. The van der Waals surface area contributed by atoms with Gasteiger partial charge in [-0.2, -0.15) is 0 Å². The first kappa shape index (κ1) is 18.9. The normalized spacial score (nSPS) is 11.0. The molecule has 0 atom stereocenters. The molecule has 4 aromatic rings. The molecule has 29 heavy (non-hydrogen) atoms. The molecule has 3 heterocycles. The van der Waals surface area contributed by atoms with E-state index in [2.05, 4.69) is 39.4 Å². The Morgan fingerprint density at radius 1 is 1.21 bits per heavy atom. The molecular formula is C20H17FN6OS. The van der Waals surface area contributed by atoms with Gasteiger partial charge in [-0.15, -0.1) is 16.4 Å². The Kier molecular flexibility index (Phi) is 5.13. The van der Waals surface area contributed by atoms with Crippen molar-refractivity contribution in [1.29, 1.82) is 0 Å². The van der Waals surface area contributed by atoms with Crippen molar-refractivity contribution in [3.05, 3.63) is 71.2 Å². The molecule has 7 nitrogen and oxygen atoms in total. The van der Waals surface area contributed by atoms with E-state index in [1.165, 1.54) is 34.3 Å². The Labute approximate surface area is 170 Å². The summed E-state index contributed by atoms with van der Waals surface area (Å²) >= 11 is 1.40. The number of halogens is 1. The Bertz CT molecular complexity index is 1150. The van der Waals surface area contributed by atoms with Gasteiger partial charge in [0.05, 0.1) is 17.6 Å². The molecule has 0 saturated carbocycles. The molecule has 1 N–H and O–H groups in total. The number of pyridine rings is 1. The maximum Gasteiger partial charge on any atom is 0.277 e. The number of carbonyl (C=O) groups is 1. The maximum absolute atomic E-state index is 13.5. The van der Waals surface area contributed by atoms with Crippen molar-refractivity contribution in [3.63, 3.8) is 0 Å². The molecule has 0 radical (unpaired) electrons. The third-order valence-electron chi connectivity index (χ3n) is 4.14. The number of benzene rings is 1. The zero-order chi connectivity index (χ0) is 20.4. The summed E-state index contributed by atoms with van der Waals surface area (Å²) in [6, 6.07) is 11.4. The molecule has 0 saturated heterocycles. The Balaban J connectivity index is 1.64. The van der Waals surface area contributed by atoms with Crippen LogP contribution < -0.4 is 5.32 Å². The second-order valence-corrected chi connectivity index (χ2v) is 7.60. The Hall–Kier alpha value is -3.46. The van der Waals surface area contributed by atoms with E-state index in [0.717, 1.165) is 16.3 Å². The number of anilines is 1. The van der Waals surface area contributed by atoms with E-state index in [0.29, 0.717) is 10.8 Å². The molecular weight excluding hydrogens is 391 g/mol. The van der Waals surface area contributed by atoms with Crippen LogP contribution in [-0.4, -0.2) is 30.9 Å². The fraction of sp³-hybridized carbons (Fsp3) is 0.150. The number of thiazole rings is 1. The highest BCUT2D eigenvalue weighted by Crippen LogP contribution is 2.35. The number of carbonyl (C=O) groups excluding carboxylic acids is 1. The van der Waals surface area contributed by atoms with Crippen LogP contribution in [-0.2, 0) is 0 Å². The van der Waals surface area contributed by atoms with Gasteiger partial charge in [0.2, 0.25) is 0 Å². The minimum absolute atomic E-state index is 0.177. The fourth-order valence-corrected chi connectivity index (χ4v) is 3.78. The molecule has 4 rings (SSSR count). The molecule has 0 unspecified atom stereocenters. The molecule has 1 aromatic carbocycles. The van der Waals surface area contributed by atoms with Crippen molar-refractivity contribution in [2.24, 2.45) is 0 Å². The molecule has 146 valence electrons. The van der Waals surface area contributed by atoms with Crippen molar-refractivity contribution in [1.82, 2.24) is 25.0 Å². The number of aromatic nitrogens is 5. The smallest absolute Gasteiger partial charge is 0.277 e. The van der Waals surface area contributed by atoms with Crippen molar-refractivity contribution in [2.45, 2.75) is 19.8 Å². The summed E-state index contributed by atoms with van der Waals surface area (Å²) in [6.45, 7) is 4.13. The Morgan fingerprint density at radius 2 is 2.07 bits per heavy atom. The number of hydrogen-bond donors (Lipinski definition) is 1. The van der Waals surface area contributed by atoms with Crippen molar-refractivity contribution in [3.8, 4) is 17.1 Å². The van der Waals surface area contributed by atoms with E-state index in [1.54, 1.807) is 18.3 Å². The van der Waals surface area contributed by atoms with E-state index in [4.69, 9.17) is 0 Å². The predicted octanol–water partition coefficient (Wildman–Crippen LogP) is 4.30. The van der Waals surface area contributed by atoms with Gasteiger partial charge in [0.25, 0.3) is 5.91 Å². The summed E-state index contributed by atoms with van der Waals surface area (Å²) in [7, 11) is 0. The number of nitrogens with one attached hydrogen (secondary N) is 1. The SMILES string of the molecule is CC(C)c1sc(NC(=O)c2cnnn2-c2cccc(F)c2)nc1-c1ccccn1. The van der Waals surface area contributed by atoms with E-state index in [1.807, 2.05) is 18.2 Å². The molecule has 9 heteroatoms. The fourth-order valence-electron chi connectivity index (χ4n) is 2.81. The van der Waals surface area contributed by atoms with Gasteiger partial charge in [-0.25, -0.2) is 14.1 Å². The van der Waals surface area contributed by atoms with E-state index < -0.39 is 11.7 Å². The van der Waals surface area contributed by atoms with Gasteiger partial charge in [-0.3, -0.25) is 15.1 Å². The second kappa shape index (κ2) is 7.88. The average molecular weight is 408 g/mol. The molecule has 0 fully saturated rings. The summed E-state index contributed by atoms with van der Waals surface area (Å²) in [6.07, 6.45) is 3.04. The molecule has 3 aromatic heterocycles. The van der Waals surface area contributed by atoms with Crippen LogP contribution in [0.25, 0.3) is 17.1 Å². The summed E-state index contributed by atoms with van der Waals surface area (Å²) in [5.74, 6) is -0.642. The lowest BCUT2D eigenvalue weighted by molar-refractivity contribution is 0.101. The zero-order valence-corrected chi connectivity index (χ0v) is 16.5. The lowest BCUT2D eigenvalue weighted by Gasteiger charge is -2.05. The summed E-state index contributed by atoms with van der Waals surface area (Å²) in [5.41, 5.74) is 2.08. The van der Waals surface area contributed by atoms with Crippen LogP contribution in [0.3, 0.4) is 0 Å². The first-order chi connectivity index (χ1) is 14.0. The molecule has 0 aliphatic rings. The third-order valence-corrected chi connectivity index (χ3v) is 5.41. The highest BCUT2D eigenvalue weighted by atomic mass is 32.1. The van der Waals surface area contributed by atoms with Crippen LogP contribution in [0.2, 0.25) is 0 Å². The van der Waals surface area contributed by atoms with Gasteiger partial charge in [0, 0.05) is 11.1 Å². The van der Waals surface area contributed by atoms with Crippen molar-refractivity contribution < 1.29 is 9.18 Å². The molecule has 0 aliphatic carbocycles. The summed E-state index contributed by atoms with van der Waals surface area (Å²) in [5, 5.41) is 10.9. The van der Waals surface area contributed by atoms with Crippen LogP contribution in [0.15, 0.2) is 54.9 Å². The third kappa shape index (κ3) is 3.90. The topological polar surface area (TPSA) is 85.6 Å². The quantitative estimate of drug-likeness (QED) is 0.532. The lowest BCUT2D eigenvalue weighted by Crippen LogP contribution is -2.17. The minimum Gasteiger partial charge on any atom is -0.296 e. The van der Waals surface area contributed by atoms with Gasteiger partial charge in [-0.05, 0) is 36.2 Å².